The number of phenolic OH excluding ortho intramolecular Hbond substituents is 2. The molecule has 0 spiro atoms. The summed E-state index contributed by atoms with van der Waals surface area (Å²) in [6, 6.07) is 4.63. The number of ether oxygens (including phenoxy) is 1. The summed E-state index contributed by atoms with van der Waals surface area (Å²) >= 11 is 0. The smallest absolute Gasteiger partial charge is 0.228 e. The number of methoxy groups -OCH3 is 1. The van der Waals surface area contributed by atoms with E-state index in [1.165, 1.54) is 13.2 Å². The Hall–Kier alpha value is -1.75. The molecule has 0 saturated carbocycles. The first kappa shape index (κ1) is 14.3. The highest BCUT2D eigenvalue weighted by Gasteiger charge is 2.27. The van der Waals surface area contributed by atoms with Gasteiger partial charge in [0.2, 0.25) is 5.91 Å². The molecule has 0 atom stereocenters. The van der Waals surface area contributed by atoms with E-state index in [-0.39, 0.29) is 24.0 Å². The van der Waals surface area contributed by atoms with Crippen molar-refractivity contribution in [2.75, 3.05) is 13.7 Å². The van der Waals surface area contributed by atoms with Gasteiger partial charge in [-0.3, -0.25) is 4.79 Å². The molecule has 0 heterocycles. The number of carbonyl (C=O) groups is 1. The van der Waals surface area contributed by atoms with Crippen molar-refractivity contribution in [3.05, 3.63) is 23.8 Å². The molecule has 1 amide bonds. The Morgan fingerprint density at radius 1 is 1.39 bits per heavy atom. The Labute approximate surface area is 106 Å². The highest BCUT2D eigenvalue weighted by Crippen LogP contribution is 2.28. The van der Waals surface area contributed by atoms with Crippen molar-refractivity contribution in [1.29, 1.82) is 0 Å². The second-order valence-electron chi connectivity index (χ2n) is 4.78. The molecule has 5 nitrogen and oxygen atoms in total. The molecule has 0 bridgehead atoms. The van der Waals surface area contributed by atoms with Crippen molar-refractivity contribution in [3.8, 4) is 11.5 Å². The number of benzene rings is 1. The van der Waals surface area contributed by atoms with Crippen LogP contribution in [0, 0.1) is 5.41 Å². The fourth-order valence-corrected chi connectivity index (χ4v) is 1.56. The number of hydrogen-bond donors (Lipinski definition) is 3. The molecular weight excluding hydrogens is 234 g/mol. The molecule has 100 valence electrons. The molecule has 1 rings (SSSR count). The minimum atomic E-state index is -0.638. The zero-order valence-corrected chi connectivity index (χ0v) is 10.9. The normalized spacial score (nSPS) is 11.3. The minimum absolute atomic E-state index is 0.159. The van der Waals surface area contributed by atoms with Crippen molar-refractivity contribution < 1.29 is 19.7 Å². The van der Waals surface area contributed by atoms with Gasteiger partial charge in [-0.05, 0) is 19.9 Å². The number of phenols is 2. The molecule has 0 saturated heterocycles. The third-order valence-corrected chi connectivity index (χ3v) is 2.66. The lowest BCUT2D eigenvalue weighted by molar-refractivity contribution is -0.132. The number of rotatable bonds is 5. The average molecular weight is 253 g/mol. The van der Waals surface area contributed by atoms with E-state index in [0.29, 0.717) is 12.2 Å². The number of aromatic hydroxyl groups is 2. The van der Waals surface area contributed by atoms with E-state index in [0.717, 1.165) is 0 Å². The summed E-state index contributed by atoms with van der Waals surface area (Å²) in [5.41, 5.74) is -0.169. The molecule has 1 aromatic carbocycles. The van der Waals surface area contributed by atoms with Gasteiger partial charge in [-0.1, -0.05) is 12.1 Å². The molecular formula is C13H19NO4. The van der Waals surface area contributed by atoms with Crippen LogP contribution >= 0.6 is 0 Å². The average Bonchev–Trinajstić information content (AvgIpc) is 2.30. The molecule has 1 aromatic rings. The Morgan fingerprint density at radius 3 is 2.67 bits per heavy atom. The lowest BCUT2D eigenvalue weighted by Crippen LogP contribution is -2.39. The fraction of sp³-hybridized carbons (Fsp3) is 0.462. The maximum absolute atomic E-state index is 11.9. The zero-order chi connectivity index (χ0) is 13.8. The van der Waals surface area contributed by atoms with Crippen molar-refractivity contribution in [2.24, 2.45) is 5.41 Å². The van der Waals surface area contributed by atoms with Gasteiger partial charge >= 0.3 is 0 Å². The van der Waals surface area contributed by atoms with Crippen molar-refractivity contribution >= 4 is 5.91 Å². The van der Waals surface area contributed by atoms with Gasteiger partial charge in [0, 0.05) is 19.2 Å². The lowest BCUT2D eigenvalue weighted by atomic mass is 9.93. The molecule has 0 radical (unpaired) electrons. The van der Waals surface area contributed by atoms with Crippen LogP contribution in [0.1, 0.15) is 19.4 Å². The van der Waals surface area contributed by atoms with Gasteiger partial charge in [0.1, 0.15) is 0 Å². The van der Waals surface area contributed by atoms with Gasteiger partial charge in [0.15, 0.2) is 11.5 Å². The van der Waals surface area contributed by atoms with Gasteiger partial charge < -0.3 is 20.3 Å². The van der Waals surface area contributed by atoms with E-state index in [1.54, 1.807) is 26.0 Å². The molecule has 0 aliphatic heterocycles. The standard InChI is InChI=1S/C13H19NO4/c1-13(2,8-18-3)12(17)14-7-9-5-4-6-10(15)11(9)16/h4-6,15-16H,7-8H2,1-3H3,(H,14,17). The quantitative estimate of drug-likeness (QED) is 0.693. The fourth-order valence-electron chi connectivity index (χ4n) is 1.56. The Morgan fingerprint density at radius 2 is 2.06 bits per heavy atom. The predicted molar refractivity (Wildman–Crippen MR) is 67.3 cm³/mol. The minimum Gasteiger partial charge on any atom is -0.504 e. The number of amides is 1. The van der Waals surface area contributed by atoms with E-state index in [1.807, 2.05) is 0 Å². The zero-order valence-electron chi connectivity index (χ0n) is 10.9. The SMILES string of the molecule is COCC(C)(C)C(=O)NCc1cccc(O)c1O. The largest absolute Gasteiger partial charge is 0.504 e. The van der Waals surface area contributed by atoms with Gasteiger partial charge in [-0.25, -0.2) is 0 Å². The van der Waals surface area contributed by atoms with Crippen LogP contribution < -0.4 is 5.32 Å². The van der Waals surface area contributed by atoms with Gasteiger partial charge in [0.05, 0.1) is 12.0 Å². The first-order chi connectivity index (χ1) is 8.38. The highest BCUT2D eigenvalue weighted by molar-refractivity contribution is 5.82. The topological polar surface area (TPSA) is 78.8 Å². The summed E-state index contributed by atoms with van der Waals surface area (Å²) < 4.78 is 4.97. The molecule has 0 aliphatic carbocycles. The molecule has 3 N–H and O–H groups in total. The first-order valence-electron chi connectivity index (χ1n) is 5.65. The first-order valence-corrected chi connectivity index (χ1v) is 5.65. The van der Waals surface area contributed by atoms with Gasteiger partial charge in [-0.2, -0.15) is 0 Å². The molecule has 0 aliphatic rings. The number of carbonyl (C=O) groups excluding carboxylic acids is 1. The Balaban J connectivity index is 2.66. The van der Waals surface area contributed by atoms with Crippen LogP contribution in [0.3, 0.4) is 0 Å². The van der Waals surface area contributed by atoms with Crippen LogP contribution in [0.5, 0.6) is 11.5 Å². The van der Waals surface area contributed by atoms with Crippen LogP contribution in [-0.4, -0.2) is 29.8 Å². The summed E-state index contributed by atoms with van der Waals surface area (Å²) in [5, 5.41) is 21.6. The van der Waals surface area contributed by atoms with E-state index in [4.69, 9.17) is 4.74 Å². The Bertz CT molecular complexity index is 429. The van der Waals surface area contributed by atoms with Gasteiger partial charge in [0.25, 0.3) is 0 Å². The second kappa shape index (κ2) is 5.73. The molecule has 5 heteroatoms. The van der Waals surface area contributed by atoms with E-state index in [2.05, 4.69) is 5.32 Å². The van der Waals surface area contributed by atoms with Crippen molar-refractivity contribution in [2.45, 2.75) is 20.4 Å². The number of hydrogen-bond acceptors (Lipinski definition) is 4. The van der Waals surface area contributed by atoms with Crippen LogP contribution in [0.25, 0.3) is 0 Å². The summed E-state index contributed by atoms with van der Waals surface area (Å²) in [6.07, 6.45) is 0. The van der Waals surface area contributed by atoms with E-state index >= 15 is 0 Å². The Kier molecular flexibility index (Phi) is 4.55. The molecule has 18 heavy (non-hydrogen) atoms. The summed E-state index contributed by atoms with van der Waals surface area (Å²) in [6.45, 7) is 4.01. The van der Waals surface area contributed by atoms with Gasteiger partial charge in [-0.15, -0.1) is 0 Å². The molecule has 0 aromatic heterocycles. The van der Waals surface area contributed by atoms with Crippen LogP contribution in [0.2, 0.25) is 0 Å². The maximum Gasteiger partial charge on any atom is 0.228 e. The molecule has 0 fully saturated rings. The van der Waals surface area contributed by atoms with E-state index < -0.39 is 5.41 Å². The molecule has 0 unspecified atom stereocenters. The van der Waals surface area contributed by atoms with E-state index in [9.17, 15) is 15.0 Å². The number of para-hydroxylation sites is 1. The van der Waals surface area contributed by atoms with Crippen molar-refractivity contribution in [1.82, 2.24) is 5.32 Å². The van der Waals surface area contributed by atoms with Crippen LogP contribution in [0.15, 0.2) is 18.2 Å². The summed E-state index contributed by atoms with van der Waals surface area (Å²) in [5.74, 6) is -0.577. The maximum atomic E-state index is 11.9. The third kappa shape index (κ3) is 3.37. The van der Waals surface area contributed by atoms with Crippen LogP contribution in [0.4, 0.5) is 0 Å². The lowest BCUT2D eigenvalue weighted by Gasteiger charge is -2.22. The monoisotopic (exact) mass is 253 g/mol. The number of nitrogens with one attached hydrogen (secondary N) is 1. The van der Waals surface area contributed by atoms with Crippen molar-refractivity contribution in [3.63, 3.8) is 0 Å². The van der Waals surface area contributed by atoms with Crippen LogP contribution in [-0.2, 0) is 16.1 Å². The second-order valence-corrected chi connectivity index (χ2v) is 4.78. The predicted octanol–water partition coefficient (Wildman–Crippen LogP) is 1.39. The third-order valence-electron chi connectivity index (χ3n) is 2.66. The summed E-state index contributed by atoms with van der Waals surface area (Å²) in [7, 11) is 1.54. The summed E-state index contributed by atoms with van der Waals surface area (Å²) in [4.78, 5) is 11.9. The highest BCUT2D eigenvalue weighted by atomic mass is 16.5.